The van der Waals surface area contributed by atoms with Crippen LogP contribution >= 0.6 is 0 Å². The summed E-state index contributed by atoms with van der Waals surface area (Å²) in [6.45, 7) is 4.81. The highest BCUT2D eigenvalue weighted by Gasteiger charge is 2.14. The van der Waals surface area contributed by atoms with Gasteiger partial charge in [0.2, 0.25) is 0 Å². The van der Waals surface area contributed by atoms with Gasteiger partial charge in [0, 0.05) is 30.5 Å². The van der Waals surface area contributed by atoms with Gasteiger partial charge in [-0.3, -0.25) is 9.55 Å². The Balaban J connectivity index is 1.61. The van der Waals surface area contributed by atoms with Crippen LogP contribution in [-0.4, -0.2) is 27.0 Å². The molecule has 25 heavy (non-hydrogen) atoms. The van der Waals surface area contributed by atoms with Gasteiger partial charge in [-0.05, 0) is 55.3 Å². The van der Waals surface area contributed by atoms with Crippen LogP contribution in [-0.2, 0) is 0 Å². The highest BCUT2D eigenvalue weighted by molar-refractivity contribution is 5.98. The fourth-order valence-corrected chi connectivity index (χ4v) is 3.02. The van der Waals surface area contributed by atoms with Crippen LogP contribution in [0.2, 0.25) is 0 Å². The lowest BCUT2D eigenvalue weighted by molar-refractivity contribution is 0.938. The molecule has 3 aromatic rings. The van der Waals surface area contributed by atoms with Crippen molar-refractivity contribution in [3.63, 3.8) is 0 Å². The van der Waals surface area contributed by atoms with Crippen molar-refractivity contribution in [3.05, 3.63) is 78.4 Å². The van der Waals surface area contributed by atoms with Gasteiger partial charge in [0.05, 0.1) is 0 Å². The molecule has 0 spiro atoms. The number of hydrogen-bond donors (Lipinski definition) is 0. The van der Waals surface area contributed by atoms with E-state index >= 15 is 0 Å². The average molecular weight is 329 g/mol. The van der Waals surface area contributed by atoms with Gasteiger partial charge in [-0.1, -0.05) is 12.1 Å². The minimum Gasteiger partial charge on any atom is -0.328 e. The van der Waals surface area contributed by atoms with Gasteiger partial charge in [-0.15, -0.1) is 0 Å². The molecule has 0 aliphatic carbocycles. The number of hydrogen-bond acceptors (Lipinski definition) is 4. The Kier molecular flexibility index (Phi) is 3.90. The van der Waals surface area contributed by atoms with Gasteiger partial charge in [-0.25, -0.2) is 9.98 Å². The van der Waals surface area contributed by atoms with Crippen LogP contribution in [0, 0.1) is 13.8 Å². The number of anilines is 1. The molecule has 0 N–H and O–H groups in total. The number of pyridine rings is 1. The van der Waals surface area contributed by atoms with E-state index in [4.69, 9.17) is 4.99 Å². The molecule has 0 atom stereocenters. The first kappa shape index (κ1) is 15.3. The molecule has 0 amide bonds. The number of allylic oxidation sites excluding steroid dienone is 1. The first-order valence-electron chi connectivity index (χ1n) is 8.23. The lowest BCUT2D eigenvalue weighted by atomic mass is 10.1. The molecule has 5 heteroatoms. The average Bonchev–Trinajstić information content (AvgIpc) is 3.11. The number of rotatable bonds is 2. The fraction of sp³-hybridized carbons (Fsp3) is 0.150. The number of aliphatic imine (C=N–C) groups is 1. The number of nitrogens with zero attached hydrogens (tertiary/aromatic N) is 5. The summed E-state index contributed by atoms with van der Waals surface area (Å²) in [5.41, 5.74) is 4.50. The van der Waals surface area contributed by atoms with Crippen molar-refractivity contribution in [1.29, 1.82) is 0 Å². The van der Waals surface area contributed by atoms with Crippen molar-refractivity contribution in [2.75, 3.05) is 11.6 Å². The topological polar surface area (TPSA) is 46.3 Å². The second-order valence-corrected chi connectivity index (χ2v) is 6.13. The summed E-state index contributed by atoms with van der Waals surface area (Å²) in [4.78, 5) is 15.7. The van der Waals surface area contributed by atoms with Crippen LogP contribution < -0.4 is 4.90 Å². The van der Waals surface area contributed by atoms with Crippen LogP contribution in [0.3, 0.4) is 0 Å². The third-order valence-corrected chi connectivity index (χ3v) is 4.11. The second kappa shape index (κ2) is 6.36. The molecule has 4 rings (SSSR count). The van der Waals surface area contributed by atoms with E-state index in [1.165, 1.54) is 11.1 Å². The number of aromatic nitrogens is 3. The van der Waals surface area contributed by atoms with Gasteiger partial charge in [0.1, 0.15) is 18.2 Å². The van der Waals surface area contributed by atoms with Crippen molar-refractivity contribution in [2.24, 2.45) is 4.99 Å². The Morgan fingerprint density at radius 1 is 0.960 bits per heavy atom. The molecule has 5 nitrogen and oxygen atoms in total. The maximum atomic E-state index is 4.73. The summed E-state index contributed by atoms with van der Waals surface area (Å²) in [7, 11) is 0. The normalized spacial score (nSPS) is 13.8. The number of aryl methyl sites for hydroxylation is 2. The van der Waals surface area contributed by atoms with E-state index in [2.05, 4.69) is 53.1 Å². The molecule has 0 fully saturated rings. The molecule has 1 aliphatic rings. The Labute approximate surface area is 147 Å². The SMILES string of the molecule is Cc1cc(C)cc(N2C=CC(n3ccnc3-c3ccccn3)=NC2)c1. The summed E-state index contributed by atoms with van der Waals surface area (Å²) in [5, 5.41) is 0. The Bertz CT molecular complexity index is 933. The first-order chi connectivity index (χ1) is 12.2. The molecule has 0 radical (unpaired) electrons. The summed E-state index contributed by atoms with van der Waals surface area (Å²) in [6.07, 6.45) is 9.54. The van der Waals surface area contributed by atoms with E-state index in [0.717, 1.165) is 23.0 Å². The van der Waals surface area contributed by atoms with Crippen molar-refractivity contribution >= 4 is 11.5 Å². The van der Waals surface area contributed by atoms with Crippen LogP contribution in [0.1, 0.15) is 11.1 Å². The van der Waals surface area contributed by atoms with Crippen molar-refractivity contribution < 1.29 is 0 Å². The molecule has 1 aromatic carbocycles. The van der Waals surface area contributed by atoms with Gasteiger partial charge in [-0.2, -0.15) is 0 Å². The molecule has 1 aliphatic heterocycles. The molecule has 0 saturated carbocycles. The monoisotopic (exact) mass is 329 g/mol. The predicted molar refractivity (Wildman–Crippen MR) is 101 cm³/mol. The smallest absolute Gasteiger partial charge is 0.164 e. The van der Waals surface area contributed by atoms with Crippen molar-refractivity contribution in [3.8, 4) is 11.5 Å². The third kappa shape index (κ3) is 3.08. The summed E-state index contributed by atoms with van der Waals surface area (Å²) < 4.78 is 1.97. The van der Waals surface area contributed by atoms with Crippen LogP contribution in [0.15, 0.2) is 72.3 Å². The Morgan fingerprint density at radius 2 is 1.80 bits per heavy atom. The minimum atomic E-state index is 0.578. The van der Waals surface area contributed by atoms with Crippen LogP contribution in [0.5, 0.6) is 0 Å². The van der Waals surface area contributed by atoms with E-state index in [1.54, 1.807) is 12.4 Å². The maximum Gasteiger partial charge on any atom is 0.164 e. The van der Waals surface area contributed by atoms with Gasteiger partial charge in [0.25, 0.3) is 0 Å². The summed E-state index contributed by atoms with van der Waals surface area (Å²) in [6, 6.07) is 12.3. The second-order valence-electron chi connectivity index (χ2n) is 6.13. The van der Waals surface area contributed by atoms with Gasteiger partial charge < -0.3 is 4.90 Å². The van der Waals surface area contributed by atoms with E-state index in [1.807, 2.05) is 35.0 Å². The van der Waals surface area contributed by atoms with Crippen LogP contribution in [0.25, 0.3) is 11.5 Å². The van der Waals surface area contributed by atoms with Gasteiger partial charge in [0.15, 0.2) is 5.82 Å². The van der Waals surface area contributed by atoms with E-state index < -0.39 is 0 Å². The van der Waals surface area contributed by atoms with E-state index in [9.17, 15) is 0 Å². The zero-order valence-corrected chi connectivity index (χ0v) is 14.3. The third-order valence-electron chi connectivity index (χ3n) is 4.11. The number of imidazole rings is 1. The lowest BCUT2D eigenvalue weighted by Gasteiger charge is -2.23. The van der Waals surface area contributed by atoms with Crippen LogP contribution in [0.4, 0.5) is 5.69 Å². The largest absolute Gasteiger partial charge is 0.328 e. The minimum absolute atomic E-state index is 0.578. The maximum absolute atomic E-state index is 4.73. The Morgan fingerprint density at radius 3 is 2.48 bits per heavy atom. The lowest BCUT2D eigenvalue weighted by Crippen LogP contribution is -2.24. The standard InChI is InChI=1S/C20H19N5/c1-15-11-16(2)13-17(12-15)24-9-6-19(23-14-24)25-10-8-22-20(25)18-5-3-4-7-21-18/h3-13H,14H2,1-2H3. The number of benzene rings is 1. The highest BCUT2D eigenvalue weighted by Crippen LogP contribution is 2.21. The summed E-state index contributed by atoms with van der Waals surface area (Å²) in [5.74, 6) is 1.66. The molecule has 0 saturated heterocycles. The molecule has 3 heterocycles. The zero-order chi connectivity index (χ0) is 17.2. The molecule has 2 aromatic heterocycles. The molecule has 0 unspecified atom stereocenters. The summed E-state index contributed by atoms with van der Waals surface area (Å²) >= 11 is 0. The van der Waals surface area contributed by atoms with E-state index in [0.29, 0.717) is 6.67 Å². The van der Waals surface area contributed by atoms with Gasteiger partial charge >= 0.3 is 0 Å². The Hall–Kier alpha value is -3.21. The van der Waals surface area contributed by atoms with Crippen molar-refractivity contribution in [1.82, 2.24) is 14.5 Å². The molecule has 124 valence electrons. The van der Waals surface area contributed by atoms with Crippen molar-refractivity contribution in [2.45, 2.75) is 13.8 Å². The molecular formula is C20H19N5. The molecule has 0 bridgehead atoms. The first-order valence-corrected chi connectivity index (χ1v) is 8.23. The fourth-order valence-electron chi connectivity index (χ4n) is 3.02. The predicted octanol–water partition coefficient (Wildman–Crippen LogP) is 3.80. The quantitative estimate of drug-likeness (QED) is 0.718. The highest BCUT2D eigenvalue weighted by atomic mass is 15.2. The van der Waals surface area contributed by atoms with E-state index in [-0.39, 0.29) is 0 Å². The zero-order valence-electron chi connectivity index (χ0n) is 14.3. The molecular weight excluding hydrogens is 310 g/mol.